The van der Waals surface area contributed by atoms with Gasteiger partial charge < -0.3 is 15.4 Å². The number of benzene rings is 2. The first kappa shape index (κ1) is 21.0. The molecular weight excluding hydrogens is 354 g/mol. The third-order valence-corrected chi connectivity index (χ3v) is 4.17. The molecule has 0 heterocycles. The van der Waals surface area contributed by atoms with Crippen LogP contribution in [0, 0.1) is 11.3 Å². The van der Waals surface area contributed by atoms with Crippen LogP contribution in [-0.4, -0.2) is 17.9 Å². The summed E-state index contributed by atoms with van der Waals surface area (Å²) in [6, 6.07) is 16.6. The zero-order chi connectivity index (χ0) is 20.5. The van der Waals surface area contributed by atoms with Gasteiger partial charge in [-0.05, 0) is 48.2 Å². The van der Waals surface area contributed by atoms with Gasteiger partial charge in [-0.25, -0.2) is 0 Å². The van der Waals surface area contributed by atoms with Crippen molar-refractivity contribution in [1.82, 2.24) is 5.32 Å². The minimum atomic E-state index is -0.616. The van der Waals surface area contributed by atoms with Crippen LogP contribution in [0.2, 0.25) is 0 Å². The van der Waals surface area contributed by atoms with Crippen LogP contribution in [0.1, 0.15) is 44.2 Å². The summed E-state index contributed by atoms with van der Waals surface area (Å²) in [4.78, 5) is 23.6. The Morgan fingerprint density at radius 3 is 2.25 bits per heavy atom. The fourth-order valence-electron chi connectivity index (χ4n) is 2.50. The Morgan fingerprint density at radius 1 is 1.04 bits per heavy atom. The lowest BCUT2D eigenvalue weighted by Crippen LogP contribution is -2.35. The van der Waals surface area contributed by atoms with E-state index in [4.69, 9.17) is 10.00 Å². The average molecular weight is 379 g/mol. The van der Waals surface area contributed by atoms with E-state index in [1.807, 2.05) is 24.3 Å². The van der Waals surface area contributed by atoms with Gasteiger partial charge in [0.1, 0.15) is 12.2 Å². The zero-order valence-electron chi connectivity index (χ0n) is 16.4. The van der Waals surface area contributed by atoms with E-state index in [1.54, 1.807) is 37.3 Å². The van der Waals surface area contributed by atoms with E-state index in [2.05, 4.69) is 24.5 Å². The number of carbonyl (C=O) groups is 2. The smallest absolute Gasteiger partial charge is 0.261 e. The first-order valence-electron chi connectivity index (χ1n) is 9.19. The third-order valence-electron chi connectivity index (χ3n) is 4.17. The van der Waals surface area contributed by atoms with Crippen LogP contribution in [0.3, 0.4) is 0 Å². The fourth-order valence-corrected chi connectivity index (χ4v) is 2.50. The van der Waals surface area contributed by atoms with Crippen molar-refractivity contribution in [2.75, 3.05) is 5.32 Å². The number of ether oxygens (including phenoxy) is 1. The van der Waals surface area contributed by atoms with Gasteiger partial charge in [0, 0.05) is 12.2 Å². The molecule has 0 spiro atoms. The molecule has 0 bridgehead atoms. The predicted octanol–water partition coefficient (Wildman–Crippen LogP) is 3.75. The lowest BCUT2D eigenvalue weighted by molar-refractivity contribution is -0.127. The summed E-state index contributed by atoms with van der Waals surface area (Å²) >= 11 is 0. The van der Waals surface area contributed by atoms with E-state index in [-0.39, 0.29) is 18.2 Å². The summed E-state index contributed by atoms with van der Waals surface area (Å²) in [7, 11) is 0. The van der Waals surface area contributed by atoms with E-state index in [9.17, 15) is 9.59 Å². The Morgan fingerprint density at radius 2 is 1.68 bits per heavy atom. The molecule has 146 valence electrons. The van der Waals surface area contributed by atoms with Crippen LogP contribution in [0.25, 0.3) is 0 Å². The highest BCUT2D eigenvalue weighted by atomic mass is 16.5. The van der Waals surface area contributed by atoms with Crippen molar-refractivity contribution < 1.29 is 14.3 Å². The van der Waals surface area contributed by atoms with Crippen molar-refractivity contribution in [3.8, 4) is 11.8 Å². The number of amides is 2. The molecule has 6 nitrogen and oxygen atoms in total. The summed E-state index contributed by atoms with van der Waals surface area (Å²) in [5.41, 5.74) is 2.72. The normalized spacial score (nSPS) is 11.4. The fraction of sp³-hybridized carbons (Fsp3) is 0.318. The van der Waals surface area contributed by atoms with E-state index < -0.39 is 6.10 Å². The number of rotatable bonds is 8. The maximum Gasteiger partial charge on any atom is 0.261 e. The highest BCUT2D eigenvalue weighted by Crippen LogP contribution is 2.19. The zero-order valence-corrected chi connectivity index (χ0v) is 16.4. The first-order chi connectivity index (χ1) is 13.4. The van der Waals surface area contributed by atoms with Crippen LogP contribution in [-0.2, 0) is 16.1 Å². The Hall–Kier alpha value is -3.33. The van der Waals surface area contributed by atoms with Gasteiger partial charge in [-0.2, -0.15) is 5.26 Å². The number of hydrogen-bond donors (Lipinski definition) is 2. The molecule has 0 saturated heterocycles. The molecule has 0 fully saturated rings. The molecule has 2 rings (SSSR count). The molecule has 0 aromatic heterocycles. The van der Waals surface area contributed by atoms with Gasteiger partial charge in [0.05, 0.1) is 6.07 Å². The quantitative estimate of drug-likeness (QED) is 0.731. The van der Waals surface area contributed by atoms with Gasteiger partial charge in [-0.15, -0.1) is 0 Å². The Labute approximate surface area is 165 Å². The molecule has 0 saturated carbocycles. The lowest BCUT2D eigenvalue weighted by atomic mass is 10.0. The molecule has 0 aliphatic heterocycles. The molecule has 0 aliphatic rings. The highest BCUT2D eigenvalue weighted by molar-refractivity contribution is 5.92. The Balaban J connectivity index is 1.82. The van der Waals surface area contributed by atoms with Crippen LogP contribution >= 0.6 is 0 Å². The van der Waals surface area contributed by atoms with Crippen molar-refractivity contribution in [1.29, 1.82) is 5.26 Å². The summed E-state index contributed by atoms with van der Waals surface area (Å²) in [5.74, 6) is 0.542. The van der Waals surface area contributed by atoms with Crippen LogP contribution < -0.4 is 15.4 Å². The maximum absolute atomic E-state index is 12.3. The molecule has 1 unspecified atom stereocenters. The molecular formula is C22H25N3O3. The minimum absolute atomic E-state index is 0.185. The van der Waals surface area contributed by atoms with Crippen molar-refractivity contribution in [3.05, 3.63) is 59.7 Å². The summed E-state index contributed by atoms with van der Waals surface area (Å²) in [6.07, 6.45) is -0.801. The van der Waals surface area contributed by atoms with Gasteiger partial charge in [0.15, 0.2) is 6.10 Å². The molecule has 2 N–H and O–H groups in total. The van der Waals surface area contributed by atoms with Gasteiger partial charge >= 0.3 is 0 Å². The van der Waals surface area contributed by atoms with Gasteiger partial charge in [0.25, 0.3) is 5.91 Å². The van der Waals surface area contributed by atoms with E-state index >= 15 is 0 Å². The van der Waals surface area contributed by atoms with E-state index in [1.165, 1.54) is 5.56 Å². The predicted molar refractivity (Wildman–Crippen MR) is 108 cm³/mol. The first-order valence-corrected chi connectivity index (χ1v) is 9.19. The van der Waals surface area contributed by atoms with Crippen LogP contribution in [0.4, 0.5) is 5.69 Å². The standard InChI is InChI=1S/C22H25N3O3/c1-15(2)18-6-10-20(11-7-18)28-16(3)22(27)24-14-17-4-8-19(9-5-17)25-21(26)12-13-23/h4-11,15-16H,12,14H2,1-3H3,(H,24,27)(H,25,26). The Kier molecular flexibility index (Phi) is 7.58. The molecule has 2 amide bonds. The minimum Gasteiger partial charge on any atom is -0.481 e. The van der Waals surface area contributed by atoms with Crippen molar-refractivity contribution in [2.45, 2.75) is 45.8 Å². The van der Waals surface area contributed by atoms with E-state index in [0.717, 1.165) is 5.56 Å². The molecule has 2 aromatic carbocycles. The number of nitrogens with one attached hydrogen (secondary N) is 2. The molecule has 1 atom stereocenters. The van der Waals surface area contributed by atoms with Gasteiger partial charge in [-0.1, -0.05) is 38.1 Å². The number of hydrogen-bond acceptors (Lipinski definition) is 4. The number of anilines is 1. The SMILES string of the molecule is CC(Oc1ccc(C(C)C)cc1)C(=O)NCc1ccc(NC(=O)CC#N)cc1. The molecule has 6 heteroatoms. The van der Waals surface area contributed by atoms with Crippen molar-refractivity contribution in [3.63, 3.8) is 0 Å². The van der Waals surface area contributed by atoms with E-state index in [0.29, 0.717) is 23.9 Å². The van der Waals surface area contributed by atoms with Gasteiger partial charge in [0.2, 0.25) is 5.91 Å². The second-order valence-corrected chi connectivity index (χ2v) is 6.78. The number of nitriles is 1. The van der Waals surface area contributed by atoms with Gasteiger partial charge in [-0.3, -0.25) is 9.59 Å². The highest BCUT2D eigenvalue weighted by Gasteiger charge is 2.14. The summed E-state index contributed by atoms with van der Waals surface area (Å²) < 4.78 is 5.70. The molecule has 0 radical (unpaired) electrons. The number of carbonyl (C=O) groups excluding carboxylic acids is 2. The monoisotopic (exact) mass is 379 g/mol. The molecule has 28 heavy (non-hydrogen) atoms. The summed E-state index contributed by atoms with van der Waals surface area (Å²) in [5, 5.41) is 13.9. The molecule has 2 aromatic rings. The molecule has 0 aliphatic carbocycles. The van der Waals surface area contributed by atoms with Crippen LogP contribution in [0.15, 0.2) is 48.5 Å². The average Bonchev–Trinajstić information content (AvgIpc) is 2.67. The maximum atomic E-state index is 12.3. The third kappa shape index (κ3) is 6.44. The topological polar surface area (TPSA) is 91.2 Å². The number of nitrogens with zero attached hydrogens (tertiary/aromatic N) is 1. The summed E-state index contributed by atoms with van der Waals surface area (Å²) in [6.45, 7) is 6.31. The van der Waals surface area contributed by atoms with Crippen LogP contribution in [0.5, 0.6) is 5.75 Å². The van der Waals surface area contributed by atoms with Crippen molar-refractivity contribution >= 4 is 17.5 Å². The second kappa shape index (κ2) is 10.1. The Bertz CT molecular complexity index is 837. The largest absolute Gasteiger partial charge is 0.481 e. The second-order valence-electron chi connectivity index (χ2n) is 6.78. The van der Waals surface area contributed by atoms with Crippen molar-refractivity contribution in [2.24, 2.45) is 0 Å². The lowest BCUT2D eigenvalue weighted by Gasteiger charge is -2.15.